The summed E-state index contributed by atoms with van der Waals surface area (Å²) in [6.07, 6.45) is 6.72. The van der Waals surface area contributed by atoms with Gasteiger partial charge in [0.05, 0.1) is 11.7 Å². The molecule has 0 aromatic heterocycles. The zero-order valence-electron chi connectivity index (χ0n) is 17.8. The van der Waals surface area contributed by atoms with E-state index in [2.05, 4.69) is 10.6 Å². The second-order valence-electron chi connectivity index (χ2n) is 8.30. The van der Waals surface area contributed by atoms with Crippen LogP contribution in [-0.2, 0) is 16.1 Å². The Morgan fingerprint density at radius 3 is 2.65 bits per heavy atom. The topological polar surface area (TPSA) is 67.4 Å². The molecule has 2 amide bonds. The molecule has 1 atom stereocenters. The summed E-state index contributed by atoms with van der Waals surface area (Å²) in [5, 5.41) is 6.05. The van der Waals surface area contributed by atoms with Gasteiger partial charge in [0.1, 0.15) is 0 Å². The number of hydrogen-bond donors (Lipinski definition) is 2. The third-order valence-electron chi connectivity index (χ3n) is 5.95. The van der Waals surface area contributed by atoms with Crippen molar-refractivity contribution in [1.29, 1.82) is 0 Å². The number of amides is 2. The number of ether oxygens (including phenoxy) is 1. The molecule has 6 heteroatoms. The summed E-state index contributed by atoms with van der Waals surface area (Å²) in [6, 6.07) is 15.4. The van der Waals surface area contributed by atoms with Crippen molar-refractivity contribution in [1.82, 2.24) is 5.32 Å². The molecule has 2 aliphatic rings. The maximum atomic E-state index is 12.8. The SMILES string of the molecule is O=C(NCc1cccc(NC(=O)C2CCCC2)c1)c1ccccc1SCC1CCCO1. The van der Waals surface area contributed by atoms with Gasteiger partial charge in [0.2, 0.25) is 5.91 Å². The van der Waals surface area contributed by atoms with Gasteiger partial charge in [-0.1, -0.05) is 37.1 Å². The lowest BCUT2D eigenvalue weighted by Gasteiger charge is -2.13. The Hall–Kier alpha value is -2.31. The molecule has 1 unspecified atom stereocenters. The number of rotatable bonds is 8. The fourth-order valence-electron chi connectivity index (χ4n) is 4.21. The molecule has 1 aliphatic heterocycles. The average Bonchev–Trinajstić information content (AvgIpc) is 3.51. The smallest absolute Gasteiger partial charge is 0.252 e. The number of carbonyl (C=O) groups excluding carboxylic acids is 2. The minimum atomic E-state index is -0.0872. The number of carbonyl (C=O) groups is 2. The second kappa shape index (κ2) is 10.8. The zero-order valence-corrected chi connectivity index (χ0v) is 18.6. The standard InChI is InChI=1S/C25H30N2O3S/c28-24(19-8-1-2-9-19)27-20-10-5-7-18(15-20)16-26-25(29)22-12-3-4-13-23(22)31-17-21-11-6-14-30-21/h3-5,7,10,12-13,15,19,21H,1-2,6,8-9,11,14,16-17H2,(H,26,29)(H,27,28). The largest absolute Gasteiger partial charge is 0.377 e. The van der Waals surface area contributed by atoms with Crippen LogP contribution in [0.1, 0.15) is 54.4 Å². The first kappa shape index (κ1) is 21.9. The molecule has 2 aromatic rings. The maximum Gasteiger partial charge on any atom is 0.252 e. The Labute approximate surface area is 188 Å². The monoisotopic (exact) mass is 438 g/mol. The number of hydrogen-bond acceptors (Lipinski definition) is 4. The average molecular weight is 439 g/mol. The number of nitrogens with one attached hydrogen (secondary N) is 2. The van der Waals surface area contributed by atoms with E-state index in [-0.39, 0.29) is 23.8 Å². The van der Waals surface area contributed by atoms with E-state index in [0.29, 0.717) is 12.1 Å². The van der Waals surface area contributed by atoms with Crippen molar-refractivity contribution in [2.45, 2.75) is 56.1 Å². The lowest BCUT2D eigenvalue weighted by molar-refractivity contribution is -0.119. The first-order chi connectivity index (χ1) is 15.2. The van der Waals surface area contributed by atoms with Crippen molar-refractivity contribution in [3.05, 3.63) is 59.7 Å². The van der Waals surface area contributed by atoms with Crippen LogP contribution in [-0.4, -0.2) is 30.3 Å². The Morgan fingerprint density at radius 1 is 1.00 bits per heavy atom. The van der Waals surface area contributed by atoms with E-state index in [9.17, 15) is 9.59 Å². The van der Waals surface area contributed by atoms with E-state index in [4.69, 9.17) is 4.74 Å². The van der Waals surface area contributed by atoms with Gasteiger partial charge in [-0.2, -0.15) is 0 Å². The molecule has 5 nitrogen and oxygen atoms in total. The van der Waals surface area contributed by atoms with Crippen molar-refractivity contribution < 1.29 is 14.3 Å². The van der Waals surface area contributed by atoms with Crippen molar-refractivity contribution in [3.8, 4) is 0 Å². The highest BCUT2D eigenvalue weighted by Crippen LogP contribution is 2.27. The normalized spacial score (nSPS) is 18.8. The summed E-state index contributed by atoms with van der Waals surface area (Å²) >= 11 is 1.68. The number of anilines is 1. The fraction of sp³-hybridized carbons (Fsp3) is 0.440. The molecule has 1 aliphatic carbocycles. The molecule has 164 valence electrons. The number of thioether (sulfide) groups is 1. The minimum Gasteiger partial charge on any atom is -0.377 e. The van der Waals surface area contributed by atoms with E-state index >= 15 is 0 Å². The van der Waals surface area contributed by atoms with E-state index in [0.717, 1.165) is 67.0 Å². The molecule has 1 saturated heterocycles. The molecule has 1 saturated carbocycles. The van der Waals surface area contributed by atoms with Gasteiger partial charge in [0, 0.05) is 35.4 Å². The first-order valence-corrected chi connectivity index (χ1v) is 12.2. The molecule has 0 spiro atoms. The summed E-state index contributed by atoms with van der Waals surface area (Å²) < 4.78 is 5.70. The molecular weight excluding hydrogens is 408 g/mol. The summed E-state index contributed by atoms with van der Waals surface area (Å²) in [5.74, 6) is 1.02. The van der Waals surface area contributed by atoms with Gasteiger partial charge in [-0.25, -0.2) is 0 Å². The molecule has 2 N–H and O–H groups in total. The van der Waals surface area contributed by atoms with Gasteiger partial charge >= 0.3 is 0 Å². The highest BCUT2D eigenvalue weighted by atomic mass is 32.2. The van der Waals surface area contributed by atoms with Crippen molar-refractivity contribution >= 4 is 29.3 Å². The Bertz CT molecular complexity index is 905. The fourth-order valence-corrected chi connectivity index (χ4v) is 5.33. The summed E-state index contributed by atoms with van der Waals surface area (Å²) in [7, 11) is 0. The molecule has 1 heterocycles. The Morgan fingerprint density at radius 2 is 1.84 bits per heavy atom. The van der Waals surface area contributed by atoms with E-state index < -0.39 is 0 Å². The Balaban J connectivity index is 1.33. The van der Waals surface area contributed by atoms with Crippen molar-refractivity contribution in [3.63, 3.8) is 0 Å². The highest BCUT2D eigenvalue weighted by Gasteiger charge is 2.22. The van der Waals surface area contributed by atoms with Crippen LogP contribution in [0, 0.1) is 5.92 Å². The van der Waals surface area contributed by atoms with E-state index in [1.807, 2.05) is 48.5 Å². The van der Waals surface area contributed by atoms with Crippen LogP contribution in [0.15, 0.2) is 53.4 Å². The number of benzene rings is 2. The lowest BCUT2D eigenvalue weighted by Crippen LogP contribution is -2.24. The summed E-state index contributed by atoms with van der Waals surface area (Å²) in [4.78, 5) is 26.2. The van der Waals surface area contributed by atoms with Crippen LogP contribution in [0.3, 0.4) is 0 Å². The molecule has 4 rings (SSSR count). The Kier molecular flexibility index (Phi) is 7.65. The van der Waals surface area contributed by atoms with Crippen molar-refractivity contribution in [2.75, 3.05) is 17.7 Å². The summed E-state index contributed by atoms with van der Waals surface area (Å²) in [6.45, 7) is 1.25. The second-order valence-corrected chi connectivity index (χ2v) is 9.36. The summed E-state index contributed by atoms with van der Waals surface area (Å²) in [5.41, 5.74) is 2.44. The van der Waals surface area contributed by atoms with Crippen LogP contribution in [0.4, 0.5) is 5.69 Å². The third-order valence-corrected chi connectivity index (χ3v) is 7.16. The zero-order chi connectivity index (χ0) is 21.5. The van der Waals surface area contributed by atoms with Crippen molar-refractivity contribution in [2.24, 2.45) is 5.92 Å². The molecule has 0 bridgehead atoms. The minimum absolute atomic E-state index is 0.0872. The third kappa shape index (κ3) is 6.11. The molecule has 0 radical (unpaired) electrons. The van der Waals surface area contributed by atoms with Crippen LogP contribution < -0.4 is 10.6 Å². The molecular formula is C25H30N2O3S. The predicted molar refractivity (Wildman–Crippen MR) is 124 cm³/mol. The van der Waals surface area contributed by atoms with Gasteiger partial charge in [-0.15, -0.1) is 11.8 Å². The van der Waals surface area contributed by atoms with Gasteiger partial charge in [0.25, 0.3) is 5.91 Å². The van der Waals surface area contributed by atoms with E-state index in [1.54, 1.807) is 11.8 Å². The predicted octanol–water partition coefficient (Wildman–Crippen LogP) is 5.02. The molecule has 2 fully saturated rings. The quantitative estimate of drug-likeness (QED) is 0.568. The van der Waals surface area contributed by atoms with Crippen LogP contribution in [0.25, 0.3) is 0 Å². The lowest BCUT2D eigenvalue weighted by atomic mass is 10.1. The maximum absolute atomic E-state index is 12.8. The van der Waals surface area contributed by atoms with Crippen LogP contribution in [0.2, 0.25) is 0 Å². The van der Waals surface area contributed by atoms with Gasteiger partial charge < -0.3 is 15.4 Å². The van der Waals surface area contributed by atoms with Gasteiger partial charge in [-0.05, 0) is 55.5 Å². The van der Waals surface area contributed by atoms with Crippen LogP contribution in [0.5, 0.6) is 0 Å². The van der Waals surface area contributed by atoms with Gasteiger partial charge in [0.15, 0.2) is 0 Å². The first-order valence-electron chi connectivity index (χ1n) is 11.2. The highest BCUT2D eigenvalue weighted by molar-refractivity contribution is 7.99. The van der Waals surface area contributed by atoms with Crippen LogP contribution >= 0.6 is 11.8 Å². The molecule has 31 heavy (non-hydrogen) atoms. The molecule has 2 aromatic carbocycles. The van der Waals surface area contributed by atoms with Gasteiger partial charge in [-0.3, -0.25) is 9.59 Å². The van der Waals surface area contributed by atoms with E-state index in [1.165, 1.54) is 0 Å².